The molecule has 5 rings (SSSR count). The molecule has 0 saturated carbocycles. The minimum Gasteiger partial charge on any atom is -0.368 e. The molecule has 39 heavy (non-hydrogen) atoms. The maximum Gasteiger partial charge on any atom is 0.229 e. The maximum atomic E-state index is 15.0. The maximum absolute atomic E-state index is 15.0. The Hall–Kier alpha value is -3.97. The van der Waals surface area contributed by atoms with Crippen molar-refractivity contribution < 1.29 is 17.2 Å². The fraction of sp³-hybridized carbons (Fsp3) is 0.308. The van der Waals surface area contributed by atoms with Gasteiger partial charge in [0, 0.05) is 50.0 Å². The number of hydrogen-bond donors (Lipinski definition) is 1. The summed E-state index contributed by atoms with van der Waals surface area (Å²) in [4.78, 5) is 27.0. The predicted molar refractivity (Wildman–Crippen MR) is 146 cm³/mol. The minimum atomic E-state index is -3.22. The van der Waals surface area contributed by atoms with E-state index >= 15 is 4.39 Å². The molecule has 0 aliphatic carbocycles. The number of pyridine rings is 2. The highest BCUT2D eigenvalue weighted by molar-refractivity contribution is 7.88. The predicted octanol–water partition coefficient (Wildman–Crippen LogP) is 3.54. The fourth-order valence-electron chi connectivity index (χ4n) is 4.61. The third-order valence-corrected chi connectivity index (χ3v) is 7.92. The number of anilines is 3. The molecule has 13 heteroatoms. The van der Waals surface area contributed by atoms with Crippen LogP contribution in [0.1, 0.15) is 19.9 Å². The van der Waals surface area contributed by atoms with Crippen molar-refractivity contribution in [1.29, 1.82) is 0 Å². The molecule has 4 aromatic rings. The molecule has 3 aromatic heterocycles. The molecule has 204 valence electrons. The summed E-state index contributed by atoms with van der Waals surface area (Å²) in [5.41, 5.74) is 0.759. The Kier molecular flexibility index (Phi) is 7.03. The quantitative estimate of drug-likeness (QED) is 0.385. The second-order valence-electron chi connectivity index (χ2n) is 9.60. The van der Waals surface area contributed by atoms with Crippen molar-refractivity contribution in [2.75, 3.05) is 42.7 Å². The second kappa shape index (κ2) is 10.3. The van der Waals surface area contributed by atoms with Crippen LogP contribution in [0.2, 0.25) is 0 Å². The molecular weight excluding hydrogens is 528 g/mol. The number of sulfonamides is 1. The van der Waals surface area contributed by atoms with E-state index in [0.717, 1.165) is 18.0 Å². The lowest BCUT2D eigenvalue weighted by Crippen LogP contribution is -2.48. The number of hydrogen-bond acceptors (Lipinski definition) is 8. The molecule has 1 aliphatic rings. The van der Waals surface area contributed by atoms with Crippen molar-refractivity contribution in [2.24, 2.45) is 0 Å². The van der Waals surface area contributed by atoms with Crippen molar-refractivity contribution in [3.8, 4) is 11.3 Å². The van der Waals surface area contributed by atoms with Crippen molar-refractivity contribution in [2.45, 2.75) is 19.9 Å². The molecule has 0 bridgehead atoms. The number of aromatic nitrogens is 4. The second-order valence-corrected chi connectivity index (χ2v) is 11.6. The van der Waals surface area contributed by atoms with Crippen LogP contribution in [0.3, 0.4) is 0 Å². The van der Waals surface area contributed by atoms with Crippen LogP contribution in [0, 0.1) is 11.6 Å². The van der Waals surface area contributed by atoms with Crippen molar-refractivity contribution in [3.63, 3.8) is 0 Å². The van der Waals surface area contributed by atoms with Crippen molar-refractivity contribution in [1.82, 2.24) is 23.8 Å². The first-order chi connectivity index (χ1) is 18.5. The standard InChI is InChI=1S/C26H27F2N7O3S/c1-16(2)35-7-6-22(36)24-19(27)12-17(13-21(24)35)25-20(28)15-30-26(32-25)31-23-5-4-18(14-29-23)33-8-10-34(11-9-33)39(3,37)38/h4-7,12-16H,8-11H2,1-3H3,(H,29,30,31,32). The number of rotatable bonds is 6. The first-order valence-corrected chi connectivity index (χ1v) is 14.2. The molecule has 0 radical (unpaired) electrons. The van der Waals surface area contributed by atoms with Gasteiger partial charge in [0.25, 0.3) is 0 Å². The molecule has 1 aliphatic heterocycles. The zero-order valence-corrected chi connectivity index (χ0v) is 22.4. The van der Waals surface area contributed by atoms with Crippen LogP contribution in [-0.4, -0.2) is 64.7 Å². The van der Waals surface area contributed by atoms with E-state index in [9.17, 15) is 17.6 Å². The van der Waals surface area contributed by atoms with Crippen LogP contribution in [0.4, 0.5) is 26.2 Å². The summed E-state index contributed by atoms with van der Waals surface area (Å²) in [7, 11) is -3.22. The van der Waals surface area contributed by atoms with E-state index in [1.807, 2.05) is 24.8 Å². The molecule has 0 atom stereocenters. The smallest absolute Gasteiger partial charge is 0.229 e. The lowest BCUT2D eigenvalue weighted by Gasteiger charge is -2.34. The fourth-order valence-corrected chi connectivity index (χ4v) is 5.43. The lowest BCUT2D eigenvalue weighted by atomic mass is 10.1. The van der Waals surface area contributed by atoms with Crippen LogP contribution >= 0.6 is 0 Å². The van der Waals surface area contributed by atoms with Gasteiger partial charge >= 0.3 is 0 Å². The Morgan fingerprint density at radius 1 is 0.974 bits per heavy atom. The highest BCUT2D eigenvalue weighted by atomic mass is 32.2. The zero-order chi connectivity index (χ0) is 27.9. The van der Waals surface area contributed by atoms with Gasteiger partial charge in [-0.1, -0.05) is 0 Å². The van der Waals surface area contributed by atoms with Gasteiger partial charge in [-0.25, -0.2) is 32.2 Å². The third-order valence-electron chi connectivity index (χ3n) is 6.61. The summed E-state index contributed by atoms with van der Waals surface area (Å²) in [5.74, 6) is -1.04. The summed E-state index contributed by atoms with van der Waals surface area (Å²) in [6, 6.07) is 7.44. The Labute approximate surface area is 224 Å². The van der Waals surface area contributed by atoms with Gasteiger partial charge in [-0.15, -0.1) is 0 Å². The van der Waals surface area contributed by atoms with Gasteiger partial charge in [0.1, 0.15) is 17.3 Å². The van der Waals surface area contributed by atoms with Gasteiger partial charge in [-0.05, 0) is 38.1 Å². The first-order valence-electron chi connectivity index (χ1n) is 12.3. The third kappa shape index (κ3) is 5.45. The van der Waals surface area contributed by atoms with E-state index in [0.29, 0.717) is 37.5 Å². The van der Waals surface area contributed by atoms with Gasteiger partial charge < -0.3 is 14.8 Å². The molecule has 10 nitrogen and oxygen atoms in total. The molecule has 1 N–H and O–H groups in total. The molecule has 4 heterocycles. The number of fused-ring (bicyclic) bond motifs is 1. The highest BCUT2D eigenvalue weighted by Gasteiger charge is 2.23. The number of piperazine rings is 1. The van der Waals surface area contributed by atoms with Crippen LogP contribution in [0.15, 0.2) is 53.7 Å². The van der Waals surface area contributed by atoms with Crippen molar-refractivity contribution >= 4 is 38.4 Å². The van der Waals surface area contributed by atoms with Crippen molar-refractivity contribution in [3.05, 3.63) is 70.8 Å². The average molecular weight is 556 g/mol. The Morgan fingerprint density at radius 2 is 1.72 bits per heavy atom. The van der Waals surface area contributed by atoms with Crippen LogP contribution in [0.25, 0.3) is 22.2 Å². The largest absolute Gasteiger partial charge is 0.368 e. The molecule has 1 aromatic carbocycles. The van der Waals surface area contributed by atoms with E-state index in [2.05, 4.69) is 20.3 Å². The lowest BCUT2D eigenvalue weighted by molar-refractivity contribution is 0.388. The summed E-state index contributed by atoms with van der Waals surface area (Å²) in [6.45, 7) is 5.67. The Morgan fingerprint density at radius 3 is 2.36 bits per heavy atom. The zero-order valence-electron chi connectivity index (χ0n) is 21.6. The van der Waals surface area contributed by atoms with E-state index in [4.69, 9.17) is 0 Å². The van der Waals surface area contributed by atoms with E-state index in [1.54, 1.807) is 29.1 Å². The normalized spacial score (nSPS) is 14.8. The van der Waals surface area contributed by atoms with E-state index < -0.39 is 27.1 Å². The molecular formula is C26H27F2N7O3S. The Balaban J connectivity index is 1.39. The number of nitrogens with one attached hydrogen (secondary N) is 1. The van der Waals surface area contributed by atoms with Gasteiger partial charge in [-0.3, -0.25) is 4.79 Å². The number of benzene rings is 1. The number of halogens is 2. The van der Waals surface area contributed by atoms with E-state index in [1.165, 1.54) is 16.6 Å². The van der Waals surface area contributed by atoms with Gasteiger partial charge in [0.15, 0.2) is 11.2 Å². The molecule has 1 saturated heterocycles. The SMILES string of the molecule is CC(C)n1ccc(=O)c2c(F)cc(-c3nc(Nc4ccc(N5CCN(S(C)(=O)=O)CC5)cn4)ncc3F)cc21. The summed E-state index contributed by atoms with van der Waals surface area (Å²) < 4.78 is 56.5. The first kappa shape index (κ1) is 26.6. The summed E-state index contributed by atoms with van der Waals surface area (Å²) in [5, 5.41) is 2.87. The van der Waals surface area contributed by atoms with E-state index in [-0.39, 0.29) is 28.6 Å². The average Bonchev–Trinajstić information content (AvgIpc) is 2.89. The Bertz CT molecular complexity index is 1700. The molecule has 1 fully saturated rings. The number of nitrogens with zero attached hydrogens (tertiary/aromatic N) is 6. The molecule has 0 spiro atoms. The molecule has 0 unspecified atom stereocenters. The minimum absolute atomic E-state index is 0.0585. The highest BCUT2D eigenvalue weighted by Crippen LogP contribution is 2.28. The van der Waals surface area contributed by atoms with Gasteiger partial charge in [0.2, 0.25) is 16.0 Å². The van der Waals surface area contributed by atoms with Crippen LogP contribution in [0.5, 0.6) is 0 Å². The van der Waals surface area contributed by atoms with Gasteiger partial charge in [0.05, 0.1) is 35.2 Å². The molecule has 0 amide bonds. The van der Waals surface area contributed by atoms with Gasteiger partial charge in [-0.2, -0.15) is 4.31 Å². The monoisotopic (exact) mass is 555 g/mol. The summed E-state index contributed by atoms with van der Waals surface area (Å²) >= 11 is 0. The van der Waals surface area contributed by atoms with Crippen LogP contribution in [-0.2, 0) is 10.0 Å². The van der Waals surface area contributed by atoms with Crippen LogP contribution < -0.4 is 15.6 Å². The topological polar surface area (TPSA) is 113 Å². The summed E-state index contributed by atoms with van der Waals surface area (Å²) in [6.07, 6.45) is 5.42.